The van der Waals surface area contributed by atoms with Gasteiger partial charge < -0.3 is 10.1 Å². The Bertz CT molecular complexity index is 437. The van der Waals surface area contributed by atoms with E-state index in [-0.39, 0.29) is 0 Å². The van der Waals surface area contributed by atoms with Gasteiger partial charge in [0.1, 0.15) is 5.75 Å². The van der Waals surface area contributed by atoms with Crippen molar-refractivity contribution in [3.63, 3.8) is 0 Å². The fraction of sp³-hybridized carbons (Fsp3) is 0.200. The average molecular weight is 191 g/mol. The Balaban J connectivity index is 2.71. The van der Waals surface area contributed by atoms with Crippen molar-refractivity contribution in [2.45, 2.75) is 6.92 Å². The number of ketones is 1. The zero-order valence-electron chi connectivity index (χ0n) is 7.88. The highest BCUT2D eigenvalue weighted by Gasteiger charge is 2.32. The summed E-state index contributed by atoms with van der Waals surface area (Å²) in [6.45, 7) is 1.83. The third kappa shape index (κ3) is 1.00. The second-order valence-electron chi connectivity index (χ2n) is 3.12. The van der Waals surface area contributed by atoms with Gasteiger partial charge >= 0.3 is 0 Å². The van der Waals surface area contributed by atoms with Gasteiger partial charge in [-0.1, -0.05) is 6.07 Å². The van der Waals surface area contributed by atoms with Gasteiger partial charge in [0.25, 0.3) is 11.7 Å². The first-order chi connectivity index (χ1) is 6.65. The summed E-state index contributed by atoms with van der Waals surface area (Å²) in [5.74, 6) is -0.679. The number of aryl methyl sites for hydroxylation is 1. The van der Waals surface area contributed by atoms with Crippen LogP contribution in [0.2, 0.25) is 0 Å². The van der Waals surface area contributed by atoms with Crippen molar-refractivity contribution in [2.75, 3.05) is 12.4 Å². The Morgan fingerprint density at radius 2 is 2.00 bits per heavy atom. The summed E-state index contributed by atoms with van der Waals surface area (Å²) in [5, 5.41) is 2.52. The topological polar surface area (TPSA) is 55.4 Å². The molecule has 0 aromatic heterocycles. The quantitative estimate of drug-likeness (QED) is 0.677. The van der Waals surface area contributed by atoms with E-state index in [4.69, 9.17) is 4.74 Å². The number of fused-ring (bicyclic) bond motifs is 1. The minimum atomic E-state index is -0.590. The van der Waals surface area contributed by atoms with Crippen LogP contribution in [-0.4, -0.2) is 18.8 Å². The number of amides is 1. The fourth-order valence-electron chi connectivity index (χ4n) is 1.53. The lowest BCUT2D eigenvalue weighted by molar-refractivity contribution is -0.112. The summed E-state index contributed by atoms with van der Waals surface area (Å²) in [6.07, 6.45) is 0. The predicted octanol–water partition coefficient (Wildman–Crippen LogP) is 1.14. The fourth-order valence-corrected chi connectivity index (χ4v) is 1.53. The minimum absolute atomic E-state index is 0.345. The van der Waals surface area contributed by atoms with E-state index >= 15 is 0 Å². The Morgan fingerprint density at radius 1 is 1.29 bits per heavy atom. The number of carbonyl (C=O) groups excluding carboxylic acids is 2. The lowest BCUT2D eigenvalue weighted by Crippen LogP contribution is -2.12. The highest BCUT2D eigenvalue weighted by atomic mass is 16.5. The van der Waals surface area contributed by atoms with Crippen molar-refractivity contribution in [1.29, 1.82) is 0 Å². The number of methoxy groups -OCH3 is 1. The first-order valence-corrected chi connectivity index (χ1v) is 4.18. The summed E-state index contributed by atoms with van der Waals surface area (Å²) >= 11 is 0. The van der Waals surface area contributed by atoms with E-state index in [2.05, 4.69) is 5.32 Å². The molecule has 0 atom stereocenters. The van der Waals surface area contributed by atoms with Gasteiger partial charge in [-0.3, -0.25) is 9.59 Å². The molecule has 4 nitrogen and oxygen atoms in total. The van der Waals surface area contributed by atoms with E-state index in [0.29, 0.717) is 17.0 Å². The van der Waals surface area contributed by atoms with Gasteiger partial charge in [0.05, 0.1) is 18.4 Å². The van der Waals surface area contributed by atoms with Crippen LogP contribution >= 0.6 is 0 Å². The smallest absolute Gasteiger partial charge is 0.297 e. The summed E-state index contributed by atoms with van der Waals surface area (Å²) in [7, 11) is 1.47. The van der Waals surface area contributed by atoms with E-state index in [1.165, 1.54) is 7.11 Å². The van der Waals surface area contributed by atoms with Gasteiger partial charge in [0.15, 0.2) is 0 Å². The molecule has 72 valence electrons. The third-order valence-corrected chi connectivity index (χ3v) is 2.27. The van der Waals surface area contributed by atoms with Crippen molar-refractivity contribution in [2.24, 2.45) is 0 Å². The van der Waals surface area contributed by atoms with E-state index in [0.717, 1.165) is 5.56 Å². The number of Topliss-reactive ketones (excluding diaryl/α,β-unsaturated/α-hetero) is 1. The molecule has 0 bridgehead atoms. The van der Waals surface area contributed by atoms with E-state index in [1.54, 1.807) is 12.1 Å². The number of hydrogen-bond acceptors (Lipinski definition) is 3. The zero-order chi connectivity index (χ0) is 10.3. The molecule has 1 heterocycles. The van der Waals surface area contributed by atoms with Crippen LogP contribution in [-0.2, 0) is 4.79 Å². The molecule has 0 spiro atoms. The van der Waals surface area contributed by atoms with Crippen molar-refractivity contribution in [3.8, 4) is 5.75 Å². The average Bonchev–Trinajstić information content (AvgIpc) is 2.47. The minimum Gasteiger partial charge on any atom is -0.496 e. The number of hydrogen-bond donors (Lipinski definition) is 1. The van der Waals surface area contributed by atoms with Gasteiger partial charge in [-0.05, 0) is 18.6 Å². The molecule has 1 aliphatic rings. The van der Waals surface area contributed by atoms with Crippen LogP contribution < -0.4 is 10.1 Å². The molecule has 0 unspecified atom stereocenters. The summed E-state index contributed by atoms with van der Waals surface area (Å²) in [4.78, 5) is 22.6. The van der Waals surface area contributed by atoms with Crippen LogP contribution in [0, 0.1) is 6.92 Å². The second kappa shape index (κ2) is 2.83. The van der Waals surface area contributed by atoms with Crippen LogP contribution in [0.1, 0.15) is 15.9 Å². The number of nitrogens with one attached hydrogen (secondary N) is 1. The van der Waals surface area contributed by atoms with Crippen LogP contribution in [0.5, 0.6) is 5.75 Å². The summed E-state index contributed by atoms with van der Waals surface area (Å²) in [5.41, 5.74) is 1.77. The molecule has 0 aliphatic carbocycles. The van der Waals surface area contributed by atoms with Crippen molar-refractivity contribution >= 4 is 17.4 Å². The first-order valence-electron chi connectivity index (χ1n) is 4.18. The molecule has 0 radical (unpaired) electrons. The van der Waals surface area contributed by atoms with Gasteiger partial charge in [-0.15, -0.1) is 0 Å². The number of anilines is 1. The lowest BCUT2D eigenvalue weighted by atomic mass is 10.1. The maximum absolute atomic E-state index is 11.4. The Kier molecular flexibility index (Phi) is 1.77. The molecule has 14 heavy (non-hydrogen) atoms. The maximum atomic E-state index is 11.4. The van der Waals surface area contributed by atoms with Gasteiger partial charge in [-0.2, -0.15) is 0 Å². The standard InChI is InChI=1S/C10H9NO3/c1-5-3-4-6(14-2)7-8(5)11-10(13)9(7)12/h3-4H,1-2H3,(H,11,12,13). The van der Waals surface area contributed by atoms with Gasteiger partial charge in [0.2, 0.25) is 0 Å². The van der Waals surface area contributed by atoms with E-state index in [9.17, 15) is 9.59 Å². The monoisotopic (exact) mass is 191 g/mol. The normalized spacial score (nSPS) is 13.9. The van der Waals surface area contributed by atoms with Crippen LogP contribution in [0.3, 0.4) is 0 Å². The van der Waals surface area contributed by atoms with Gasteiger partial charge in [0, 0.05) is 0 Å². The molecule has 1 aromatic carbocycles. The third-order valence-electron chi connectivity index (χ3n) is 2.27. The van der Waals surface area contributed by atoms with Crippen LogP contribution in [0.15, 0.2) is 12.1 Å². The Morgan fingerprint density at radius 3 is 2.64 bits per heavy atom. The Hall–Kier alpha value is -1.84. The highest BCUT2D eigenvalue weighted by molar-refractivity contribution is 6.52. The highest BCUT2D eigenvalue weighted by Crippen LogP contribution is 2.34. The molecule has 1 aliphatic heterocycles. The largest absolute Gasteiger partial charge is 0.496 e. The Labute approximate surface area is 80.9 Å². The first kappa shape index (κ1) is 8.74. The van der Waals surface area contributed by atoms with E-state index in [1.807, 2.05) is 6.92 Å². The molecule has 1 amide bonds. The maximum Gasteiger partial charge on any atom is 0.297 e. The molecule has 0 fully saturated rings. The lowest BCUT2D eigenvalue weighted by Gasteiger charge is -2.06. The molecule has 2 rings (SSSR count). The van der Waals surface area contributed by atoms with Crippen LogP contribution in [0.25, 0.3) is 0 Å². The van der Waals surface area contributed by atoms with Crippen molar-refractivity contribution in [3.05, 3.63) is 23.3 Å². The molecule has 0 saturated carbocycles. The van der Waals surface area contributed by atoms with Crippen molar-refractivity contribution in [1.82, 2.24) is 0 Å². The predicted molar refractivity (Wildman–Crippen MR) is 50.7 cm³/mol. The van der Waals surface area contributed by atoms with Crippen LogP contribution in [0.4, 0.5) is 5.69 Å². The summed E-state index contributed by atoms with van der Waals surface area (Å²) < 4.78 is 5.02. The molecular formula is C10H9NO3. The molecule has 1 N–H and O–H groups in total. The number of rotatable bonds is 1. The van der Waals surface area contributed by atoms with Crippen molar-refractivity contribution < 1.29 is 14.3 Å². The number of carbonyl (C=O) groups is 2. The van der Waals surface area contributed by atoms with Gasteiger partial charge in [-0.25, -0.2) is 0 Å². The molecular weight excluding hydrogens is 182 g/mol. The number of benzene rings is 1. The SMILES string of the molecule is COc1ccc(C)c2c1C(=O)C(=O)N2. The number of ether oxygens (including phenoxy) is 1. The molecule has 4 heteroatoms. The summed E-state index contributed by atoms with van der Waals surface area (Å²) in [6, 6.07) is 3.49. The zero-order valence-corrected chi connectivity index (χ0v) is 7.88. The second-order valence-corrected chi connectivity index (χ2v) is 3.12. The molecule has 1 aromatic rings. The molecule has 0 saturated heterocycles. The van der Waals surface area contributed by atoms with E-state index < -0.39 is 11.7 Å².